The molecule has 2 heterocycles. The Morgan fingerprint density at radius 1 is 1.12 bits per heavy atom. The van der Waals surface area contributed by atoms with Gasteiger partial charge in [0, 0.05) is 21.0 Å². The van der Waals surface area contributed by atoms with E-state index in [0.29, 0.717) is 28.2 Å². The van der Waals surface area contributed by atoms with E-state index in [9.17, 15) is 4.79 Å². The monoisotopic (exact) mass is 475 g/mol. The number of hydrogen-bond donors (Lipinski definition) is 1. The summed E-state index contributed by atoms with van der Waals surface area (Å²) in [5.41, 5.74) is 3.13. The highest BCUT2D eigenvalue weighted by atomic mass is 127. The maximum Gasteiger partial charge on any atom is 0.258 e. The minimum Gasteiger partial charge on any atom is -0.436 e. The van der Waals surface area contributed by atoms with Crippen molar-refractivity contribution in [3.63, 3.8) is 0 Å². The molecule has 0 saturated carbocycles. The van der Waals surface area contributed by atoms with Crippen LogP contribution >= 0.6 is 34.2 Å². The quantitative estimate of drug-likeness (QED) is 0.318. The van der Waals surface area contributed by atoms with E-state index >= 15 is 0 Å². The molecule has 0 radical (unpaired) electrons. The van der Waals surface area contributed by atoms with Crippen molar-refractivity contribution in [1.82, 2.24) is 9.97 Å². The average Bonchev–Trinajstić information content (AvgIpc) is 3.05. The Morgan fingerprint density at radius 2 is 2.00 bits per heavy atom. The molecule has 128 valence electrons. The SMILES string of the molecule is O=C(Nc1ccc2oc(-c3cccc(I)c3)nc2c1)c1cccnc1Cl. The van der Waals surface area contributed by atoms with Crippen LogP contribution in [0, 0.1) is 3.57 Å². The van der Waals surface area contributed by atoms with Gasteiger partial charge in [-0.1, -0.05) is 17.7 Å². The van der Waals surface area contributed by atoms with Gasteiger partial charge in [-0.2, -0.15) is 0 Å². The Hall–Kier alpha value is -2.45. The summed E-state index contributed by atoms with van der Waals surface area (Å²) >= 11 is 8.21. The van der Waals surface area contributed by atoms with Crippen LogP contribution in [0.25, 0.3) is 22.6 Å². The molecule has 2 aromatic heterocycles. The van der Waals surface area contributed by atoms with Gasteiger partial charge in [0.1, 0.15) is 10.7 Å². The van der Waals surface area contributed by atoms with Gasteiger partial charge in [-0.05, 0) is 71.1 Å². The fourth-order valence-corrected chi connectivity index (χ4v) is 3.25. The van der Waals surface area contributed by atoms with Crippen LogP contribution in [0.4, 0.5) is 5.69 Å². The van der Waals surface area contributed by atoms with E-state index in [1.54, 1.807) is 30.3 Å². The predicted octanol–water partition coefficient (Wildman–Crippen LogP) is 5.40. The first-order valence-electron chi connectivity index (χ1n) is 7.68. The van der Waals surface area contributed by atoms with E-state index in [-0.39, 0.29) is 11.1 Å². The van der Waals surface area contributed by atoms with E-state index < -0.39 is 0 Å². The molecule has 0 bridgehead atoms. The van der Waals surface area contributed by atoms with Gasteiger partial charge in [0.15, 0.2) is 5.58 Å². The lowest BCUT2D eigenvalue weighted by atomic mass is 10.2. The van der Waals surface area contributed by atoms with Crippen LogP contribution < -0.4 is 5.32 Å². The molecule has 1 N–H and O–H groups in total. The first-order valence-corrected chi connectivity index (χ1v) is 9.14. The molecule has 0 aliphatic rings. The molecule has 5 nitrogen and oxygen atoms in total. The topological polar surface area (TPSA) is 68.0 Å². The number of fused-ring (bicyclic) bond motifs is 1. The van der Waals surface area contributed by atoms with Gasteiger partial charge in [0.25, 0.3) is 5.91 Å². The number of aromatic nitrogens is 2. The summed E-state index contributed by atoms with van der Waals surface area (Å²) in [6, 6.07) is 16.5. The van der Waals surface area contributed by atoms with Crippen molar-refractivity contribution >= 4 is 56.9 Å². The number of rotatable bonds is 3. The Morgan fingerprint density at radius 3 is 2.81 bits per heavy atom. The van der Waals surface area contributed by atoms with Gasteiger partial charge in [0.05, 0.1) is 5.56 Å². The van der Waals surface area contributed by atoms with Crippen molar-refractivity contribution in [2.45, 2.75) is 0 Å². The number of hydrogen-bond acceptors (Lipinski definition) is 4. The molecule has 0 spiro atoms. The highest BCUT2D eigenvalue weighted by Crippen LogP contribution is 2.27. The number of anilines is 1. The fraction of sp³-hybridized carbons (Fsp3) is 0. The van der Waals surface area contributed by atoms with E-state index in [0.717, 1.165) is 9.13 Å². The molecule has 0 aliphatic heterocycles. The molecule has 26 heavy (non-hydrogen) atoms. The number of benzene rings is 2. The number of pyridine rings is 1. The Bertz CT molecular complexity index is 1130. The van der Waals surface area contributed by atoms with Gasteiger partial charge in [-0.3, -0.25) is 4.79 Å². The van der Waals surface area contributed by atoms with Crippen LogP contribution in [0.1, 0.15) is 10.4 Å². The summed E-state index contributed by atoms with van der Waals surface area (Å²) in [5, 5.41) is 2.96. The second kappa shape index (κ2) is 7.05. The lowest BCUT2D eigenvalue weighted by Gasteiger charge is -2.05. The number of nitrogens with one attached hydrogen (secondary N) is 1. The first kappa shape index (κ1) is 17.0. The number of carbonyl (C=O) groups excluding carboxylic acids is 1. The highest BCUT2D eigenvalue weighted by Gasteiger charge is 2.13. The molecule has 0 fully saturated rings. The molecule has 4 rings (SSSR count). The van der Waals surface area contributed by atoms with Gasteiger partial charge in [0.2, 0.25) is 5.89 Å². The summed E-state index contributed by atoms with van der Waals surface area (Å²) in [6.07, 6.45) is 1.53. The number of oxazole rings is 1. The summed E-state index contributed by atoms with van der Waals surface area (Å²) in [4.78, 5) is 20.8. The summed E-state index contributed by atoms with van der Waals surface area (Å²) in [5.74, 6) is 0.209. The maximum atomic E-state index is 12.4. The molecule has 1 amide bonds. The van der Waals surface area contributed by atoms with Crippen LogP contribution in [-0.4, -0.2) is 15.9 Å². The van der Waals surface area contributed by atoms with Gasteiger partial charge in [-0.25, -0.2) is 9.97 Å². The Labute approximate surface area is 167 Å². The smallest absolute Gasteiger partial charge is 0.258 e. The average molecular weight is 476 g/mol. The van der Waals surface area contributed by atoms with Crippen molar-refractivity contribution in [2.24, 2.45) is 0 Å². The first-order chi connectivity index (χ1) is 12.6. The Kier molecular flexibility index (Phi) is 4.60. The minimum atomic E-state index is -0.330. The summed E-state index contributed by atoms with van der Waals surface area (Å²) in [7, 11) is 0. The van der Waals surface area contributed by atoms with Gasteiger partial charge >= 0.3 is 0 Å². The molecule has 0 saturated heterocycles. The standard InChI is InChI=1S/C19H11ClIN3O2/c20-17-14(5-2-8-22-17)18(25)23-13-6-7-16-15(10-13)24-19(26-16)11-3-1-4-12(21)9-11/h1-10H,(H,23,25). The zero-order valence-electron chi connectivity index (χ0n) is 13.2. The zero-order chi connectivity index (χ0) is 18.1. The van der Waals surface area contributed by atoms with Crippen molar-refractivity contribution in [1.29, 1.82) is 0 Å². The van der Waals surface area contributed by atoms with E-state index in [4.69, 9.17) is 16.0 Å². The molecule has 4 aromatic rings. The maximum absolute atomic E-state index is 12.4. The Balaban J connectivity index is 1.64. The molecule has 0 unspecified atom stereocenters. The molecule has 0 atom stereocenters. The lowest BCUT2D eigenvalue weighted by Crippen LogP contribution is -2.12. The van der Waals surface area contributed by atoms with E-state index in [2.05, 4.69) is 37.9 Å². The molecule has 7 heteroatoms. The van der Waals surface area contributed by atoms with Crippen LogP contribution in [0.2, 0.25) is 5.15 Å². The van der Waals surface area contributed by atoms with Gasteiger partial charge in [-0.15, -0.1) is 0 Å². The second-order valence-corrected chi connectivity index (χ2v) is 7.11. The number of carbonyl (C=O) groups is 1. The predicted molar refractivity (Wildman–Crippen MR) is 109 cm³/mol. The van der Waals surface area contributed by atoms with Crippen LogP contribution in [0.5, 0.6) is 0 Å². The number of nitrogens with zero attached hydrogens (tertiary/aromatic N) is 2. The van der Waals surface area contributed by atoms with Crippen molar-refractivity contribution < 1.29 is 9.21 Å². The van der Waals surface area contributed by atoms with Crippen molar-refractivity contribution in [3.8, 4) is 11.5 Å². The third kappa shape index (κ3) is 3.42. The van der Waals surface area contributed by atoms with Crippen molar-refractivity contribution in [2.75, 3.05) is 5.32 Å². The normalized spacial score (nSPS) is 10.8. The van der Waals surface area contributed by atoms with Gasteiger partial charge < -0.3 is 9.73 Å². The number of halogens is 2. The fourth-order valence-electron chi connectivity index (χ4n) is 2.50. The lowest BCUT2D eigenvalue weighted by molar-refractivity contribution is 0.102. The molecular formula is C19H11ClIN3O2. The minimum absolute atomic E-state index is 0.161. The van der Waals surface area contributed by atoms with E-state index in [1.807, 2.05) is 24.3 Å². The zero-order valence-corrected chi connectivity index (χ0v) is 16.2. The van der Waals surface area contributed by atoms with Crippen molar-refractivity contribution in [3.05, 3.63) is 75.1 Å². The van der Waals surface area contributed by atoms with Crippen LogP contribution in [0.3, 0.4) is 0 Å². The largest absolute Gasteiger partial charge is 0.436 e. The second-order valence-electron chi connectivity index (χ2n) is 5.51. The third-order valence-electron chi connectivity index (χ3n) is 3.72. The molecular weight excluding hydrogens is 465 g/mol. The third-order valence-corrected chi connectivity index (χ3v) is 4.69. The molecule has 2 aromatic carbocycles. The van der Waals surface area contributed by atoms with Crippen LogP contribution in [0.15, 0.2) is 65.2 Å². The van der Waals surface area contributed by atoms with Crippen LogP contribution in [-0.2, 0) is 0 Å². The van der Waals surface area contributed by atoms with E-state index in [1.165, 1.54) is 6.20 Å². The number of amides is 1. The summed E-state index contributed by atoms with van der Waals surface area (Å²) < 4.78 is 6.92. The summed E-state index contributed by atoms with van der Waals surface area (Å²) in [6.45, 7) is 0. The molecule has 0 aliphatic carbocycles. The highest BCUT2D eigenvalue weighted by molar-refractivity contribution is 14.1.